The minimum absolute atomic E-state index is 0.127. The molecule has 2 amide bonds. The van der Waals surface area contributed by atoms with Crippen LogP contribution < -0.4 is 25.4 Å². The smallest absolute Gasteiger partial charge is 0.246 e. The molecule has 2 aromatic carbocycles. The van der Waals surface area contributed by atoms with Crippen molar-refractivity contribution >= 4 is 28.9 Å². The van der Waals surface area contributed by atoms with Crippen molar-refractivity contribution in [1.29, 1.82) is 0 Å². The first-order valence-electron chi connectivity index (χ1n) is 8.36. The third-order valence-corrected chi connectivity index (χ3v) is 3.79. The fourth-order valence-corrected chi connectivity index (χ4v) is 2.54. The molecular formula is C19H21N3O4. The molecule has 7 heteroatoms. The van der Waals surface area contributed by atoms with E-state index in [0.29, 0.717) is 36.1 Å². The van der Waals surface area contributed by atoms with Gasteiger partial charge >= 0.3 is 0 Å². The molecule has 26 heavy (non-hydrogen) atoms. The fraction of sp³-hybridized carbons (Fsp3) is 0.263. The lowest BCUT2D eigenvalue weighted by Crippen LogP contribution is -2.31. The Bertz CT molecular complexity index is 805. The van der Waals surface area contributed by atoms with E-state index in [1.165, 1.54) is 6.92 Å². The summed E-state index contributed by atoms with van der Waals surface area (Å²) in [6.45, 7) is 4.25. The molecule has 2 aromatic rings. The van der Waals surface area contributed by atoms with Gasteiger partial charge in [-0.15, -0.1) is 0 Å². The van der Waals surface area contributed by atoms with Crippen molar-refractivity contribution in [3.05, 3.63) is 42.5 Å². The predicted molar refractivity (Wildman–Crippen MR) is 99.9 cm³/mol. The van der Waals surface area contributed by atoms with E-state index in [1.54, 1.807) is 49.4 Å². The number of benzene rings is 2. The van der Waals surface area contributed by atoms with Gasteiger partial charge in [0.05, 0.1) is 0 Å². The van der Waals surface area contributed by atoms with Gasteiger partial charge in [-0.1, -0.05) is 0 Å². The standard InChI is InChI=1S/C19H21N3O4/c1-12(20-14-3-5-15(6-4-14)21-13(2)23)19(24)22-16-7-8-17-18(11-16)26-10-9-25-17/h3-8,11-12,20H,9-10H2,1-2H3,(H,21,23)(H,22,24). The van der Waals surface area contributed by atoms with Gasteiger partial charge in [0.1, 0.15) is 19.3 Å². The molecule has 1 unspecified atom stereocenters. The van der Waals surface area contributed by atoms with Crippen LogP contribution in [0.1, 0.15) is 13.8 Å². The zero-order valence-electron chi connectivity index (χ0n) is 14.7. The lowest BCUT2D eigenvalue weighted by molar-refractivity contribution is -0.116. The Kier molecular flexibility index (Phi) is 5.26. The number of amides is 2. The summed E-state index contributed by atoms with van der Waals surface area (Å²) in [5.74, 6) is 1.01. The molecule has 136 valence electrons. The van der Waals surface area contributed by atoms with Crippen molar-refractivity contribution in [1.82, 2.24) is 0 Å². The van der Waals surface area contributed by atoms with E-state index in [-0.39, 0.29) is 11.8 Å². The average Bonchev–Trinajstić information content (AvgIpc) is 2.62. The Morgan fingerprint density at radius 3 is 2.19 bits per heavy atom. The maximum atomic E-state index is 12.4. The van der Waals surface area contributed by atoms with Gasteiger partial charge in [-0.3, -0.25) is 9.59 Å². The second kappa shape index (κ2) is 7.77. The molecule has 0 bridgehead atoms. The Morgan fingerprint density at radius 1 is 0.885 bits per heavy atom. The van der Waals surface area contributed by atoms with Crippen molar-refractivity contribution in [3.63, 3.8) is 0 Å². The van der Waals surface area contributed by atoms with Crippen molar-refractivity contribution in [3.8, 4) is 11.5 Å². The first-order valence-corrected chi connectivity index (χ1v) is 8.36. The van der Waals surface area contributed by atoms with Crippen molar-refractivity contribution in [2.24, 2.45) is 0 Å². The van der Waals surface area contributed by atoms with E-state index in [2.05, 4.69) is 16.0 Å². The third kappa shape index (κ3) is 4.44. The van der Waals surface area contributed by atoms with E-state index in [4.69, 9.17) is 9.47 Å². The molecule has 7 nitrogen and oxygen atoms in total. The SMILES string of the molecule is CC(=O)Nc1ccc(NC(C)C(=O)Nc2ccc3c(c2)OCCO3)cc1. The number of carbonyl (C=O) groups is 2. The lowest BCUT2D eigenvalue weighted by atomic mass is 10.2. The number of fused-ring (bicyclic) bond motifs is 1. The predicted octanol–water partition coefficient (Wildman–Crippen LogP) is 2.86. The number of ether oxygens (including phenoxy) is 2. The van der Waals surface area contributed by atoms with E-state index in [0.717, 1.165) is 5.69 Å². The summed E-state index contributed by atoms with van der Waals surface area (Å²) in [6, 6.07) is 12.0. The molecular weight excluding hydrogens is 334 g/mol. The van der Waals surface area contributed by atoms with Gasteiger partial charge in [0.2, 0.25) is 11.8 Å². The Balaban J connectivity index is 1.58. The third-order valence-electron chi connectivity index (χ3n) is 3.79. The molecule has 0 radical (unpaired) electrons. The summed E-state index contributed by atoms with van der Waals surface area (Å²) in [5.41, 5.74) is 2.13. The van der Waals surface area contributed by atoms with Gasteiger partial charge in [-0.2, -0.15) is 0 Å². The van der Waals surface area contributed by atoms with Crippen LogP contribution in [0.5, 0.6) is 11.5 Å². The molecule has 0 saturated heterocycles. The normalized spacial score (nSPS) is 13.5. The molecule has 0 spiro atoms. The van der Waals surface area contributed by atoms with Gasteiger partial charge in [-0.25, -0.2) is 0 Å². The van der Waals surface area contributed by atoms with Crippen LogP contribution in [0, 0.1) is 0 Å². The minimum atomic E-state index is -0.449. The highest BCUT2D eigenvalue weighted by Gasteiger charge is 2.16. The van der Waals surface area contributed by atoms with Crippen LogP contribution in [-0.2, 0) is 9.59 Å². The monoisotopic (exact) mass is 355 g/mol. The quantitative estimate of drug-likeness (QED) is 0.767. The second-order valence-electron chi connectivity index (χ2n) is 5.97. The zero-order valence-corrected chi connectivity index (χ0v) is 14.7. The van der Waals surface area contributed by atoms with Crippen molar-refractivity contribution in [2.75, 3.05) is 29.2 Å². The first-order chi connectivity index (χ1) is 12.5. The van der Waals surface area contributed by atoms with E-state index in [1.807, 2.05) is 0 Å². The number of anilines is 3. The van der Waals surface area contributed by atoms with Crippen LogP contribution >= 0.6 is 0 Å². The van der Waals surface area contributed by atoms with E-state index < -0.39 is 6.04 Å². The van der Waals surface area contributed by atoms with Crippen molar-refractivity contribution < 1.29 is 19.1 Å². The maximum absolute atomic E-state index is 12.4. The summed E-state index contributed by atoms with van der Waals surface area (Å²) in [4.78, 5) is 23.4. The van der Waals surface area contributed by atoms with Gasteiger partial charge in [0, 0.05) is 30.1 Å². The number of nitrogens with one attached hydrogen (secondary N) is 3. The Hall–Kier alpha value is -3.22. The molecule has 1 aliphatic heterocycles. The number of carbonyl (C=O) groups excluding carboxylic acids is 2. The van der Waals surface area contributed by atoms with Gasteiger partial charge in [0.25, 0.3) is 0 Å². The number of rotatable bonds is 5. The first kappa shape index (κ1) is 17.6. The molecule has 0 aliphatic carbocycles. The number of hydrogen-bond donors (Lipinski definition) is 3. The summed E-state index contributed by atoms with van der Waals surface area (Å²) in [5, 5.41) is 8.68. The highest BCUT2D eigenvalue weighted by atomic mass is 16.6. The molecule has 1 aliphatic rings. The van der Waals surface area contributed by atoms with E-state index >= 15 is 0 Å². The summed E-state index contributed by atoms with van der Waals surface area (Å²) < 4.78 is 11.0. The average molecular weight is 355 g/mol. The Morgan fingerprint density at radius 2 is 1.50 bits per heavy atom. The molecule has 1 heterocycles. The van der Waals surface area contributed by atoms with E-state index in [9.17, 15) is 9.59 Å². The van der Waals surface area contributed by atoms with Crippen LogP contribution in [0.3, 0.4) is 0 Å². The molecule has 0 saturated carbocycles. The van der Waals surface area contributed by atoms with Crippen LogP contribution in [0.4, 0.5) is 17.1 Å². The Labute approximate surface area is 151 Å². The minimum Gasteiger partial charge on any atom is -0.486 e. The van der Waals surface area contributed by atoms with Crippen LogP contribution in [0.15, 0.2) is 42.5 Å². The number of hydrogen-bond acceptors (Lipinski definition) is 5. The molecule has 0 aromatic heterocycles. The molecule has 0 fully saturated rings. The maximum Gasteiger partial charge on any atom is 0.246 e. The van der Waals surface area contributed by atoms with Gasteiger partial charge < -0.3 is 25.4 Å². The zero-order chi connectivity index (χ0) is 18.5. The fourth-order valence-electron chi connectivity index (χ4n) is 2.54. The second-order valence-corrected chi connectivity index (χ2v) is 5.97. The summed E-state index contributed by atoms with van der Waals surface area (Å²) >= 11 is 0. The largest absolute Gasteiger partial charge is 0.486 e. The molecule has 3 N–H and O–H groups in total. The summed E-state index contributed by atoms with van der Waals surface area (Å²) in [6.07, 6.45) is 0. The highest BCUT2D eigenvalue weighted by molar-refractivity contribution is 5.96. The molecule has 1 atom stereocenters. The van der Waals surface area contributed by atoms with Crippen molar-refractivity contribution in [2.45, 2.75) is 19.9 Å². The highest BCUT2D eigenvalue weighted by Crippen LogP contribution is 2.32. The summed E-state index contributed by atoms with van der Waals surface area (Å²) in [7, 11) is 0. The van der Waals surface area contributed by atoms with Gasteiger partial charge in [0.15, 0.2) is 11.5 Å². The lowest BCUT2D eigenvalue weighted by Gasteiger charge is -2.20. The van der Waals surface area contributed by atoms with Gasteiger partial charge in [-0.05, 0) is 43.3 Å². The molecule has 3 rings (SSSR count). The van der Waals surface area contributed by atoms with Crippen LogP contribution in [0.25, 0.3) is 0 Å². The van der Waals surface area contributed by atoms with Crippen LogP contribution in [-0.4, -0.2) is 31.1 Å². The topological polar surface area (TPSA) is 88.7 Å². The van der Waals surface area contributed by atoms with Crippen LogP contribution in [0.2, 0.25) is 0 Å².